The second-order valence-corrected chi connectivity index (χ2v) is 7.36. The Labute approximate surface area is 116 Å². The topological polar surface area (TPSA) is 38.1 Å². The van der Waals surface area contributed by atoms with Crippen LogP contribution in [0.2, 0.25) is 0 Å². The molecule has 2 saturated carbocycles. The van der Waals surface area contributed by atoms with Crippen molar-refractivity contribution in [3.05, 3.63) is 17.8 Å². The average Bonchev–Trinajstić information content (AvgIpc) is 3.14. The Balaban J connectivity index is 1.52. The number of aromatic nitrogens is 1. The predicted molar refractivity (Wildman–Crippen MR) is 76.2 cm³/mol. The first-order valence-electron chi connectivity index (χ1n) is 7.61. The highest BCUT2D eigenvalue weighted by molar-refractivity contribution is 5.27. The van der Waals surface area contributed by atoms with Crippen LogP contribution in [0.15, 0.2) is 10.6 Å². The van der Waals surface area contributed by atoms with Crippen LogP contribution >= 0.6 is 0 Å². The summed E-state index contributed by atoms with van der Waals surface area (Å²) in [6.45, 7) is 10.4. The van der Waals surface area contributed by atoms with Gasteiger partial charge in [0.2, 0.25) is 0 Å². The van der Waals surface area contributed by atoms with E-state index in [9.17, 15) is 0 Å². The van der Waals surface area contributed by atoms with Crippen LogP contribution in [0, 0.1) is 10.8 Å². The van der Waals surface area contributed by atoms with Crippen molar-refractivity contribution in [2.24, 2.45) is 10.8 Å². The van der Waals surface area contributed by atoms with E-state index in [1.165, 1.54) is 12.8 Å². The van der Waals surface area contributed by atoms with Gasteiger partial charge in [-0.1, -0.05) is 27.7 Å². The highest BCUT2D eigenvalue weighted by atomic mass is 16.4. The van der Waals surface area contributed by atoms with Gasteiger partial charge < -0.3 is 9.73 Å². The van der Waals surface area contributed by atoms with E-state index in [4.69, 9.17) is 4.42 Å². The summed E-state index contributed by atoms with van der Waals surface area (Å²) in [5.74, 6) is 2.51. The first kappa shape index (κ1) is 13.2. The Hall–Kier alpha value is -0.830. The Morgan fingerprint density at radius 2 is 1.95 bits per heavy atom. The average molecular weight is 262 g/mol. The highest BCUT2D eigenvalue weighted by Crippen LogP contribution is 2.73. The van der Waals surface area contributed by atoms with E-state index < -0.39 is 0 Å². The molecule has 0 radical (unpaired) electrons. The molecule has 2 aliphatic rings. The molecule has 0 saturated heterocycles. The van der Waals surface area contributed by atoms with Crippen LogP contribution in [-0.4, -0.2) is 17.6 Å². The smallest absolute Gasteiger partial charge is 0.194 e. The third-order valence-electron chi connectivity index (χ3n) is 5.45. The molecule has 2 fully saturated rings. The van der Waals surface area contributed by atoms with Gasteiger partial charge in [0.05, 0.1) is 6.20 Å². The lowest BCUT2D eigenvalue weighted by molar-refractivity contribution is 0.431. The Morgan fingerprint density at radius 1 is 1.26 bits per heavy atom. The molecule has 3 rings (SSSR count). The number of nitrogens with one attached hydrogen (secondary N) is 1. The Kier molecular flexibility index (Phi) is 3.01. The van der Waals surface area contributed by atoms with Crippen LogP contribution in [0.3, 0.4) is 0 Å². The van der Waals surface area contributed by atoms with Gasteiger partial charge in [0.25, 0.3) is 0 Å². The molecule has 0 aromatic carbocycles. The lowest BCUT2D eigenvalue weighted by Gasteiger charge is -2.03. The molecule has 0 atom stereocenters. The summed E-state index contributed by atoms with van der Waals surface area (Å²) in [7, 11) is 0. The Morgan fingerprint density at radius 3 is 2.53 bits per heavy atom. The molecule has 1 aromatic rings. The molecule has 0 aliphatic heterocycles. The molecule has 106 valence electrons. The van der Waals surface area contributed by atoms with Gasteiger partial charge in [-0.05, 0) is 36.6 Å². The van der Waals surface area contributed by atoms with Crippen molar-refractivity contribution < 1.29 is 4.42 Å². The molecule has 1 N–H and O–H groups in total. The van der Waals surface area contributed by atoms with Gasteiger partial charge >= 0.3 is 0 Å². The summed E-state index contributed by atoms with van der Waals surface area (Å²) in [5, 5.41) is 3.53. The van der Waals surface area contributed by atoms with Crippen molar-refractivity contribution >= 4 is 0 Å². The lowest BCUT2D eigenvalue weighted by Crippen LogP contribution is -2.17. The highest BCUT2D eigenvalue weighted by Gasteiger charge is 2.66. The molecule has 2 aliphatic carbocycles. The van der Waals surface area contributed by atoms with Crippen molar-refractivity contribution in [1.29, 1.82) is 0 Å². The van der Waals surface area contributed by atoms with E-state index in [1.807, 2.05) is 6.20 Å². The van der Waals surface area contributed by atoms with Crippen LogP contribution < -0.4 is 5.32 Å². The van der Waals surface area contributed by atoms with Crippen LogP contribution in [0.25, 0.3) is 0 Å². The number of hydrogen-bond donors (Lipinski definition) is 1. The monoisotopic (exact) mass is 262 g/mol. The minimum absolute atomic E-state index is 0.331. The number of rotatable bonds is 6. The fourth-order valence-electron chi connectivity index (χ4n) is 3.31. The molecule has 1 aromatic heterocycles. The van der Waals surface area contributed by atoms with E-state index in [1.54, 1.807) is 0 Å². The maximum Gasteiger partial charge on any atom is 0.194 e. The summed E-state index contributed by atoms with van der Waals surface area (Å²) >= 11 is 0. The third kappa shape index (κ3) is 2.33. The van der Waals surface area contributed by atoms with Crippen molar-refractivity contribution in [3.63, 3.8) is 0 Å². The molecule has 0 spiro atoms. The molecule has 3 nitrogen and oxygen atoms in total. The fraction of sp³-hybridized carbons (Fsp3) is 0.812. The predicted octanol–water partition coefficient (Wildman–Crippen LogP) is 3.51. The molecular formula is C16H26N2O. The van der Waals surface area contributed by atoms with Crippen molar-refractivity contribution in [3.8, 4) is 0 Å². The van der Waals surface area contributed by atoms with Gasteiger partial charge in [-0.3, -0.25) is 0 Å². The van der Waals surface area contributed by atoms with Gasteiger partial charge in [-0.25, -0.2) is 4.98 Å². The van der Waals surface area contributed by atoms with Crippen LogP contribution in [0.5, 0.6) is 0 Å². The number of aryl methyl sites for hydroxylation is 1. The molecular weight excluding hydrogens is 236 g/mol. The molecule has 0 bridgehead atoms. The standard InChI is InChI=1S/C16H26N2O/c1-15(2)14(16(15,3)4)12-10-18-13(19-12)6-5-9-17-11-7-8-11/h10-11,14,17H,5-9H2,1-4H3. The minimum Gasteiger partial charge on any atom is -0.445 e. The SMILES string of the molecule is CC1(C)C(c2cnc(CCCNC3CC3)o2)C1(C)C. The van der Waals surface area contributed by atoms with Gasteiger partial charge in [0, 0.05) is 18.4 Å². The van der Waals surface area contributed by atoms with Gasteiger partial charge in [0.1, 0.15) is 5.76 Å². The number of nitrogens with zero attached hydrogens (tertiary/aromatic N) is 1. The van der Waals surface area contributed by atoms with Crippen molar-refractivity contribution in [1.82, 2.24) is 10.3 Å². The van der Waals surface area contributed by atoms with Crippen molar-refractivity contribution in [2.75, 3.05) is 6.54 Å². The molecule has 1 heterocycles. The summed E-state index contributed by atoms with van der Waals surface area (Å²) in [4.78, 5) is 4.45. The van der Waals surface area contributed by atoms with E-state index in [0.29, 0.717) is 16.7 Å². The summed E-state index contributed by atoms with van der Waals surface area (Å²) < 4.78 is 5.96. The first-order valence-corrected chi connectivity index (χ1v) is 7.61. The largest absolute Gasteiger partial charge is 0.445 e. The zero-order valence-electron chi connectivity index (χ0n) is 12.6. The summed E-state index contributed by atoms with van der Waals surface area (Å²) in [5.41, 5.74) is 0.661. The maximum absolute atomic E-state index is 5.96. The van der Waals surface area contributed by atoms with Crippen LogP contribution in [-0.2, 0) is 6.42 Å². The zero-order chi connectivity index (χ0) is 13.7. The zero-order valence-corrected chi connectivity index (χ0v) is 12.6. The molecule has 0 amide bonds. The quantitative estimate of drug-likeness (QED) is 0.797. The number of oxazole rings is 1. The summed E-state index contributed by atoms with van der Waals surface area (Å²) in [6, 6.07) is 0.799. The van der Waals surface area contributed by atoms with Crippen molar-refractivity contribution in [2.45, 2.75) is 65.3 Å². The number of hydrogen-bond acceptors (Lipinski definition) is 3. The second-order valence-electron chi connectivity index (χ2n) is 7.36. The van der Waals surface area contributed by atoms with Crippen LogP contribution in [0.1, 0.15) is 64.5 Å². The van der Waals surface area contributed by atoms with E-state index in [0.717, 1.165) is 37.1 Å². The third-order valence-corrected chi connectivity index (χ3v) is 5.45. The summed E-state index contributed by atoms with van der Waals surface area (Å²) in [6.07, 6.45) is 6.73. The van der Waals surface area contributed by atoms with Gasteiger partial charge in [-0.15, -0.1) is 0 Å². The van der Waals surface area contributed by atoms with Crippen LogP contribution in [0.4, 0.5) is 0 Å². The fourth-order valence-corrected chi connectivity index (χ4v) is 3.31. The maximum atomic E-state index is 5.96. The molecule has 19 heavy (non-hydrogen) atoms. The van der Waals surface area contributed by atoms with E-state index >= 15 is 0 Å². The minimum atomic E-state index is 0.331. The van der Waals surface area contributed by atoms with E-state index in [-0.39, 0.29) is 0 Å². The molecule has 3 heteroatoms. The van der Waals surface area contributed by atoms with Gasteiger partial charge in [0.15, 0.2) is 5.89 Å². The first-order chi connectivity index (χ1) is 8.93. The lowest BCUT2D eigenvalue weighted by atomic mass is 10.0. The normalized spacial score (nSPS) is 24.6. The Bertz CT molecular complexity index is 443. The second kappa shape index (κ2) is 4.34. The molecule has 0 unspecified atom stereocenters. The van der Waals surface area contributed by atoms with Gasteiger partial charge in [-0.2, -0.15) is 0 Å². The van der Waals surface area contributed by atoms with E-state index in [2.05, 4.69) is 38.0 Å².